The first kappa shape index (κ1) is 19.9. The second kappa shape index (κ2) is 9.34. The highest BCUT2D eigenvalue weighted by molar-refractivity contribution is 7.89. The standard InChI is InChI=1S/C19H30N2O3S/c1-3-5-6-13-20-19(22)17-11-14-21(15-12-17)25(23,24)18-9-7-16(4-2)8-10-18/h7-10,17H,3-6,11-15H2,1-2H3,(H,20,22). The van der Waals surface area contributed by atoms with Crippen molar-refractivity contribution in [3.8, 4) is 0 Å². The van der Waals surface area contributed by atoms with E-state index in [1.165, 1.54) is 4.31 Å². The minimum atomic E-state index is -3.46. The van der Waals surface area contributed by atoms with Crippen molar-refractivity contribution in [1.82, 2.24) is 9.62 Å². The van der Waals surface area contributed by atoms with Crippen molar-refractivity contribution in [2.24, 2.45) is 5.92 Å². The van der Waals surface area contributed by atoms with E-state index in [9.17, 15) is 13.2 Å². The highest BCUT2D eigenvalue weighted by atomic mass is 32.2. The Balaban J connectivity index is 1.88. The Kier molecular flexibility index (Phi) is 7.44. The highest BCUT2D eigenvalue weighted by Gasteiger charge is 2.31. The molecule has 25 heavy (non-hydrogen) atoms. The van der Waals surface area contributed by atoms with Gasteiger partial charge in [0.25, 0.3) is 0 Å². The minimum absolute atomic E-state index is 0.0699. The number of nitrogens with one attached hydrogen (secondary N) is 1. The fourth-order valence-electron chi connectivity index (χ4n) is 3.14. The van der Waals surface area contributed by atoms with Crippen LogP contribution in [-0.4, -0.2) is 38.3 Å². The molecule has 0 aliphatic carbocycles. The van der Waals surface area contributed by atoms with Gasteiger partial charge in [0, 0.05) is 25.6 Å². The fourth-order valence-corrected chi connectivity index (χ4v) is 4.61. The minimum Gasteiger partial charge on any atom is -0.356 e. The van der Waals surface area contributed by atoms with Gasteiger partial charge in [-0.05, 0) is 43.4 Å². The largest absolute Gasteiger partial charge is 0.356 e. The Morgan fingerprint density at radius 3 is 2.32 bits per heavy atom. The number of hydrogen-bond donors (Lipinski definition) is 1. The second-order valence-corrected chi connectivity index (χ2v) is 8.61. The zero-order valence-corrected chi connectivity index (χ0v) is 16.1. The molecule has 1 N–H and O–H groups in total. The van der Waals surface area contributed by atoms with Gasteiger partial charge >= 0.3 is 0 Å². The number of rotatable bonds is 8. The lowest BCUT2D eigenvalue weighted by molar-refractivity contribution is -0.126. The molecule has 140 valence electrons. The normalized spacial score (nSPS) is 16.7. The van der Waals surface area contributed by atoms with Crippen molar-refractivity contribution in [3.05, 3.63) is 29.8 Å². The molecule has 0 saturated carbocycles. The van der Waals surface area contributed by atoms with Gasteiger partial charge in [-0.3, -0.25) is 4.79 Å². The number of benzene rings is 1. The highest BCUT2D eigenvalue weighted by Crippen LogP contribution is 2.24. The number of carbonyl (C=O) groups excluding carboxylic acids is 1. The van der Waals surface area contributed by atoms with Gasteiger partial charge in [-0.2, -0.15) is 4.31 Å². The van der Waals surface area contributed by atoms with Crippen molar-refractivity contribution < 1.29 is 13.2 Å². The van der Waals surface area contributed by atoms with Crippen LogP contribution in [0, 0.1) is 5.92 Å². The molecule has 1 fully saturated rings. The third-order valence-electron chi connectivity index (χ3n) is 4.87. The smallest absolute Gasteiger partial charge is 0.243 e. The van der Waals surface area contributed by atoms with Crippen molar-refractivity contribution >= 4 is 15.9 Å². The summed E-state index contributed by atoms with van der Waals surface area (Å²) in [5, 5.41) is 2.98. The molecule has 5 nitrogen and oxygen atoms in total. The maximum atomic E-state index is 12.7. The third-order valence-corrected chi connectivity index (χ3v) is 6.79. The van der Waals surface area contributed by atoms with Crippen molar-refractivity contribution in [3.63, 3.8) is 0 Å². The van der Waals surface area contributed by atoms with Gasteiger partial charge in [-0.25, -0.2) is 8.42 Å². The lowest BCUT2D eigenvalue weighted by Gasteiger charge is -2.30. The van der Waals surface area contributed by atoms with Gasteiger partial charge < -0.3 is 5.32 Å². The van der Waals surface area contributed by atoms with E-state index in [2.05, 4.69) is 12.2 Å². The van der Waals surface area contributed by atoms with Gasteiger partial charge in [-0.1, -0.05) is 38.8 Å². The monoisotopic (exact) mass is 366 g/mol. The first-order valence-electron chi connectivity index (χ1n) is 9.35. The molecule has 1 aliphatic rings. The van der Waals surface area contributed by atoms with Crippen LogP contribution in [0.5, 0.6) is 0 Å². The number of hydrogen-bond acceptors (Lipinski definition) is 3. The van der Waals surface area contributed by atoms with Crippen LogP contribution < -0.4 is 5.32 Å². The number of aryl methyl sites for hydroxylation is 1. The lowest BCUT2D eigenvalue weighted by atomic mass is 9.97. The number of amides is 1. The molecule has 0 spiro atoms. The van der Waals surface area contributed by atoms with Gasteiger partial charge in [0.05, 0.1) is 4.90 Å². The van der Waals surface area contributed by atoms with E-state index >= 15 is 0 Å². The summed E-state index contributed by atoms with van der Waals surface area (Å²) in [7, 11) is -3.46. The molecule has 6 heteroatoms. The van der Waals surface area contributed by atoms with Gasteiger partial charge in [0.2, 0.25) is 15.9 Å². The molecule has 1 aromatic carbocycles. The van der Waals surface area contributed by atoms with Gasteiger partial charge in [-0.15, -0.1) is 0 Å². The average Bonchev–Trinajstić information content (AvgIpc) is 2.65. The number of piperidine rings is 1. The Morgan fingerprint density at radius 2 is 1.76 bits per heavy atom. The molecule has 1 aliphatic heterocycles. The van der Waals surface area contributed by atoms with Crippen molar-refractivity contribution in [2.45, 2.75) is 57.3 Å². The maximum Gasteiger partial charge on any atom is 0.243 e. The summed E-state index contributed by atoms with van der Waals surface area (Å²) < 4.78 is 27.0. The molecule has 1 amide bonds. The Morgan fingerprint density at radius 1 is 1.12 bits per heavy atom. The Bertz CT molecular complexity index is 648. The summed E-state index contributed by atoms with van der Waals surface area (Å²) in [5.74, 6) is -0.00371. The predicted octanol–water partition coefficient (Wildman–Crippen LogP) is 2.96. The van der Waals surface area contributed by atoms with Gasteiger partial charge in [0.15, 0.2) is 0 Å². The summed E-state index contributed by atoms with van der Waals surface area (Å²) in [6.07, 6.45) is 5.32. The van der Waals surface area contributed by atoms with Crippen LogP contribution in [0.25, 0.3) is 0 Å². The average molecular weight is 367 g/mol. The quantitative estimate of drug-likeness (QED) is 0.719. The van der Waals surface area contributed by atoms with Crippen LogP contribution in [0.15, 0.2) is 29.2 Å². The van der Waals surface area contributed by atoms with Crippen LogP contribution in [0.3, 0.4) is 0 Å². The predicted molar refractivity (Wildman–Crippen MR) is 99.8 cm³/mol. The van der Waals surface area contributed by atoms with Crippen molar-refractivity contribution in [2.75, 3.05) is 19.6 Å². The number of carbonyl (C=O) groups is 1. The summed E-state index contributed by atoms with van der Waals surface area (Å²) in [6, 6.07) is 7.09. The SMILES string of the molecule is CCCCCNC(=O)C1CCN(S(=O)(=O)c2ccc(CC)cc2)CC1. The fraction of sp³-hybridized carbons (Fsp3) is 0.632. The molecule has 0 unspecified atom stereocenters. The van der Waals surface area contributed by atoms with E-state index < -0.39 is 10.0 Å². The molecule has 2 rings (SSSR count). The number of unbranched alkanes of at least 4 members (excludes halogenated alkanes) is 2. The summed E-state index contributed by atoms with van der Waals surface area (Å²) >= 11 is 0. The van der Waals surface area contributed by atoms with E-state index in [4.69, 9.17) is 0 Å². The molecule has 0 aromatic heterocycles. The van der Waals surface area contributed by atoms with Gasteiger partial charge in [0.1, 0.15) is 0 Å². The molecule has 0 bridgehead atoms. The van der Waals surface area contributed by atoms with Crippen molar-refractivity contribution in [1.29, 1.82) is 0 Å². The second-order valence-electron chi connectivity index (χ2n) is 6.67. The van der Waals surface area contributed by atoms with Crippen LogP contribution in [-0.2, 0) is 21.2 Å². The van der Waals surface area contributed by atoms with Crippen LogP contribution in [0.4, 0.5) is 0 Å². The summed E-state index contributed by atoms with van der Waals surface area (Å²) in [6.45, 7) is 5.71. The molecule has 1 saturated heterocycles. The molecule has 1 aromatic rings. The topological polar surface area (TPSA) is 66.5 Å². The zero-order valence-electron chi connectivity index (χ0n) is 15.3. The lowest BCUT2D eigenvalue weighted by Crippen LogP contribution is -2.43. The number of sulfonamides is 1. The Hall–Kier alpha value is -1.40. The molecule has 1 heterocycles. The summed E-state index contributed by atoms with van der Waals surface area (Å²) in [4.78, 5) is 12.5. The van der Waals surface area contributed by atoms with E-state index in [-0.39, 0.29) is 11.8 Å². The third kappa shape index (κ3) is 5.28. The van der Waals surface area contributed by atoms with E-state index in [1.807, 2.05) is 19.1 Å². The van der Waals surface area contributed by atoms with Crippen LogP contribution >= 0.6 is 0 Å². The van der Waals surface area contributed by atoms with Crippen LogP contribution in [0.1, 0.15) is 51.5 Å². The first-order chi connectivity index (χ1) is 12.0. The first-order valence-corrected chi connectivity index (χ1v) is 10.8. The maximum absolute atomic E-state index is 12.7. The molecular weight excluding hydrogens is 336 g/mol. The zero-order chi connectivity index (χ0) is 18.3. The molecular formula is C19H30N2O3S. The number of nitrogens with zero attached hydrogens (tertiary/aromatic N) is 1. The Labute approximate surface area is 151 Å². The molecule has 0 atom stereocenters. The van der Waals surface area contributed by atoms with E-state index in [0.29, 0.717) is 30.8 Å². The van der Waals surface area contributed by atoms with Crippen LogP contribution in [0.2, 0.25) is 0 Å². The van der Waals surface area contributed by atoms with E-state index in [0.717, 1.165) is 37.8 Å². The summed E-state index contributed by atoms with van der Waals surface area (Å²) in [5.41, 5.74) is 1.12. The van der Waals surface area contributed by atoms with E-state index in [1.54, 1.807) is 12.1 Å². The molecule has 0 radical (unpaired) electrons.